The van der Waals surface area contributed by atoms with E-state index < -0.39 is 6.03 Å². The number of carbonyl (C=O) groups is 2. The SMILES string of the molecule is CNC(=O)NC(=O)CSCCN. The third-order valence-corrected chi connectivity index (χ3v) is 1.97. The summed E-state index contributed by atoms with van der Waals surface area (Å²) in [5.74, 6) is 0.694. The van der Waals surface area contributed by atoms with Crippen LogP contribution in [0.3, 0.4) is 0 Å². The van der Waals surface area contributed by atoms with Gasteiger partial charge in [-0.2, -0.15) is 11.8 Å². The number of amides is 3. The highest BCUT2D eigenvalue weighted by Crippen LogP contribution is 1.95. The molecule has 0 aromatic rings. The normalized spacial score (nSPS) is 9.17. The van der Waals surface area contributed by atoms with E-state index in [1.54, 1.807) is 0 Å². The van der Waals surface area contributed by atoms with Crippen LogP contribution in [0, 0.1) is 0 Å². The van der Waals surface area contributed by atoms with Gasteiger partial charge in [0.2, 0.25) is 5.91 Å². The topological polar surface area (TPSA) is 84.2 Å². The Bertz CT molecular complexity index is 163. The van der Waals surface area contributed by atoms with Crippen molar-refractivity contribution in [2.24, 2.45) is 5.73 Å². The first-order valence-electron chi connectivity index (χ1n) is 3.50. The zero-order chi connectivity index (χ0) is 9.40. The van der Waals surface area contributed by atoms with Gasteiger partial charge in [0.15, 0.2) is 0 Å². The van der Waals surface area contributed by atoms with Crippen LogP contribution in [0.2, 0.25) is 0 Å². The van der Waals surface area contributed by atoms with Gasteiger partial charge in [0.25, 0.3) is 0 Å². The molecule has 0 fully saturated rings. The number of nitrogens with one attached hydrogen (secondary N) is 2. The molecule has 0 radical (unpaired) electrons. The summed E-state index contributed by atoms with van der Waals surface area (Å²) in [6, 6.07) is -0.478. The monoisotopic (exact) mass is 191 g/mol. The van der Waals surface area contributed by atoms with E-state index in [0.717, 1.165) is 5.75 Å². The fourth-order valence-electron chi connectivity index (χ4n) is 0.473. The summed E-state index contributed by atoms with van der Waals surface area (Å²) in [6.45, 7) is 0.540. The molecule has 0 unspecified atom stereocenters. The molecule has 70 valence electrons. The Balaban J connectivity index is 3.40. The predicted molar refractivity (Wildman–Crippen MR) is 49.0 cm³/mol. The largest absolute Gasteiger partial charge is 0.341 e. The first-order valence-corrected chi connectivity index (χ1v) is 4.65. The summed E-state index contributed by atoms with van der Waals surface area (Å²) in [5, 5.41) is 4.42. The number of urea groups is 1. The van der Waals surface area contributed by atoms with Gasteiger partial charge in [0.05, 0.1) is 5.75 Å². The lowest BCUT2D eigenvalue weighted by Crippen LogP contribution is -2.38. The molecule has 0 aliphatic rings. The number of thioether (sulfide) groups is 1. The molecule has 0 spiro atoms. The van der Waals surface area contributed by atoms with E-state index in [9.17, 15) is 9.59 Å². The van der Waals surface area contributed by atoms with Crippen LogP contribution in [0.5, 0.6) is 0 Å². The van der Waals surface area contributed by atoms with Gasteiger partial charge in [-0.1, -0.05) is 0 Å². The second-order valence-corrected chi connectivity index (χ2v) is 3.07. The quantitative estimate of drug-likeness (QED) is 0.504. The summed E-state index contributed by atoms with van der Waals surface area (Å²) in [7, 11) is 1.45. The molecule has 0 saturated carbocycles. The molecule has 3 amide bonds. The van der Waals surface area contributed by atoms with E-state index in [1.165, 1.54) is 18.8 Å². The van der Waals surface area contributed by atoms with Crippen molar-refractivity contribution >= 4 is 23.7 Å². The van der Waals surface area contributed by atoms with Gasteiger partial charge in [-0.25, -0.2) is 4.79 Å². The van der Waals surface area contributed by atoms with Crippen molar-refractivity contribution in [3.8, 4) is 0 Å². The minimum Gasteiger partial charge on any atom is -0.341 e. The highest BCUT2D eigenvalue weighted by atomic mass is 32.2. The van der Waals surface area contributed by atoms with Gasteiger partial charge in [0, 0.05) is 19.3 Å². The van der Waals surface area contributed by atoms with Crippen molar-refractivity contribution in [2.75, 3.05) is 25.1 Å². The Labute approximate surface area is 75.4 Å². The Kier molecular flexibility index (Phi) is 6.50. The average molecular weight is 191 g/mol. The van der Waals surface area contributed by atoms with Gasteiger partial charge in [-0.3, -0.25) is 10.1 Å². The Morgan fingerprint density at radius 3 is 2.67 bits per heavy atom. The van der Waals surface area contributed by atoms with E-state index in [2.05, 4.69) is 10.6 Å². The van der Waals surface area contributed by atoms with Gasteiger partial charge in [-0.15, -0.1) is 0 Å². The molecule has 0 aromatic carbocycles. The van der Waals surface area contributed by atoms with Gasteiger partial charge in [0.1, 0.15) is 0 Å². The summed E-state index contributed by atoms with van der Waals surface area (Å²) in [6.07, 6.45) is 0. The molecule has 0 aliphatic carbocycles. The molecule has 0 rings (SSSR count). The van der Waals surface area contributed by atoms with Crippen LogP contribution in [-0.4, -0.2) is 37.0 Å². The Hall–Kier alpha value is -0.750. The molecule has 6 heteroatoms. The second kappa shape index (κ2) is 6.93. The number of rotatable bonds is 4. The minimum atomic E-state index is -0.478. The lowest BCUT2D eigenvalue weighted by Gasteiger charge is -2.01. The number of nitrogens with two attached hydrogens (primary N) is 1. The van der Waals surface area contributed by atoms with Crippen molar-refractivity contribution in [3.05, 3.63) is 0 Å². The molecule has 0 heterocycles. The zero-order valence-electron chi connectivity index (χ0n) is 6.92. The molecular formula is C6H13N3O2S. The molecule has 0 aromatic heterocycles. The second-order valence-electron chi connectivity index (χ2n) is 1.97. The van der Waals surface area contributed by atoms with Crippen LogP contribution in [-0.2, 0) is 4.79 Å². The van der Waals surface area contributed by atoms with Crippen molar-refractivity contribution in [1.29, 1.82) is 0 Å². The number of hydrogen-bond donors (Lipinski definition) is 3. The van der Waals surface area contributed by atoms with Crippen molar-refractivity contribution in [1.82, 2.24) is 10.6 Å². The van der Waals surface area contributed by atoms with Crippen molar-refractivity contribution in [3.63, 3.8) is 0 Å². The Morgan fingerprint density at radius 1 is 1.50 bits per heavy atom. The summed E-state index contributed by atoms with van der Waals surface area (Å²) in [4.78, 5) is 21.4. The third kappa shape index (κ3) is 5.99. The third-order valence-electron chi connectivity index (χ3n) is 0.975. The first kappa shape index (κ1) is 11.2. The van der Waals surface area contributed by atoms with Crippen LogP contribution in [0.1, 0.15) is 0 Å². The fraction of sp³-hybridized carbons (Fsp3) is 0.667. The smallest absolute Gasteiger partial charge is 0.321 e. The standard InChI is InChI=1S/C6H13N3O2S/c1-8-6(11)9-5(10)4-12-3-2-7/h2-4,7H2,1H3,(H2,8,9,10,11). The highest BCUT2D eigenvalue weighted by Gasteiger charge is 2.04. The zero-order valence-corrected chi connectivity index (χ0v) is 7.74. The predicted octanol–water partition coefficient (Wildman–Crippen LogP) is -0.866. The van der Waals surface area contributed by atoms with Crippen molar-refractivity contribution in [2.45, 2.75) is 0 Å². The molecule has 0 saturated heterocycles. The van der Waals surface area contributed by atoms with E-state index in [-0.39, 0.29) is 11.7 Å². The van der Waals surface area contributed by atoms with Crippen LogP contribution in [0.4, 0.5) is 4.79 Å². The minimum absolute atomic E-state index is 0.268. The average Bonchev–Trinajstić information content (AvgIpc) is 2.05. The molecule has 0 atom stereocenters. The fourth-order valence-corrected chi connectivity index (χ4v) is 1.04. The first-order chi connectivity index (χ1) is 5.70. The molecule has 0 aliphatic heterocycles. The number of carbonyl (C=O) groups excluding carboxylic acids is 2. The van der Waals surface area contributed by atoms with Crippen LogP contribution >= 0.6 is 11.8 Å². The summed E-state index contributed by atoms with van der Waals surface area (Å²) in [5.41, 5.74) is 5.21. The summed E-state index contributed by atoms with van der Waals surface area (Å²) >= 11 is 1.40. The molecule has 12 heavy (non-hydrogen) atoms. The van der Waals surface area contributed by atoms with Crippen molar-refractivity contribution < 1.29 is 9.59 Å². The number of hydrogen-bond acceptors (Lipinski definition) is 4. The molecular weight excluding hydrogens is 178 g/mol. The maximum absolute atomic E-state index is 10.9. The van der Waals surface area contributed by atoms with Crippen LogP contribution in [0.25, 0.3) is 0 Å². The highest BCUT2D eigenvalue weighted by molar-refractivity contribution is 7.99. The van der Waals surface area contributed by atoms with E-state index in [4.69, 9.17) is 5.73 Å². The lowest BCUT2D eigenvalue weighted by molar-refractivity contribution is -0.117. The summed E-state index contributed by atoms with van der Waals surface area (Å²) < 4.78 is 0. The maximum Gasteiger partial charge on any atom is 0.321 e. The molecule has 5 nitrogen and oxygen atoms in total. The van der Waals surface area contributed by atoms with Gasteiger partial charge < -0.3 is 11.1 Å². The molecule has 0 bridgehead atoms. The van der Waals surface area contributed by atoms with Crippen LogP contribution in [0.15, 0.2) is 0 Å². The van der Waals surface area contributed by atoms with Crippen LogP contribution < -0.4 is 16.4 Å². The Morgan fingerprint density at radius 2 is 2.17 bits per heavy atom. The lowest BCUT2D eigenvalue weighted by atomic mass is 10.7. The van der Waals surface area contributed by atoms with Gasteiger partial charge >= 0.3 is 6.03 Å². The molecule has 4 N–H and O–H groups in total. The van der Waals surface area contributed by atoms with Gasteiger partial charge in [-0.05, 0) is 0 Å². The van der Waals surface area contributed by atoms with E-state index >= 15 is 0 Å². The number of imide groups is 1. The van der Waals surface area contributed by atoms with E-state index in [0.29, 0.717) is 6.54 Å². The maximum atomic E-state index is 10.9. The van der Waals surface area contributed by atoms with E-state index in [1.807, 2.05) is 0 Å².